The van der Waals surface area contributed by atoms with E-state index in [2.05, 4.69) is 25.9 Å². The molecule has 0 rings (SSSR count). The van der Waals surface area contributed by atoms with Crippen molar-refractivity contribution in [3.05, 3.63) is 0 Å². The van der Waals surface area contributed by atoms with Gasteiger partial charge in [-0.2, -0.15) is 0 Å². The summed E-state index contributed by atoms with van der Waals surface area (Å²) in [6.45, 7) is 5.13. The van der Waals surface area contributed by atoms with Crippen molar-refractivity contribution in [2.24, 2.45) is 5.92 Å². The highest BCUT2D eigenvalue weighted by Gasteiger charge is 2.03. The Morgan fingerprint density at radius 3 is 2.30 bits per heavy atom. The van der Waals surface area contributed by atoms with Crippen LogP contribution in [-0.2, 0) is 0 Å². The number of rotatable bonds is 4. The van der Waals surface area contributed by atoms with Crippen LogP contribution in [0.15, 0.2) is 0 Å². The first-order valence-corrected chi connectivity index (χ1v) is 3.71. The zero-order chi connectivity index (χ0) is 8.15. The Morgan fingerprint density at radius 2 is 2.00 bits per heavy atom. The Morgan fingerprint density at radius 1 is 1.50 bits per heavy atom. The second kappa shape index (κ2) is 4.45. The molecule has 0 aromatic heterocycles. The molecule has 0 aliphatic heterocycles. The van der Waals surface area contributed by atoms with Crippen molar-refractivity contribution in [1.29, 1.82) is 5.41 Å². The molecule has 0 spiro atoms. The summed E-state index contributed by atoms with van der Waals surface area (Å²) in [6, 6.07) is 0. The molecule has 2 heteroatoms. The van der Waals surface area contributed by atoms with E-state index in [1.807, 2.05) is 6.92 Å². The SMILES string of the molecule is CC(=N)C[C@@H](C)CN(C)C. The Hall–Kier alpha value is -0.370. The zero-order valence-corrected chi connectivity index (χ0v) is 7.44. The van der Waals surface area contributed by atoms with E-state index in [0.717, 1.165) is 18.7 Å². The largest absolute Gasteiger partial charge is 0.310 e. The fourth-order valence-electron chi connectivity index (χ4n) is 1.21. The van der Waals surface area contributed by atoms with Crippen LogP contribution in [0.2, 0.25) is 0 Å². The topological polar surface area (TPSA) is 27.1 Å². The summed E-state index contributed by atoms with van der Waals surface area (Å²) in [5, 5.41) is 7.25. The highest BCUT2D eigenvalue weighted by atomic mass is 15.1. The Kier molecular flexibility index (Phi) is 4.28. The summed E-state index contributed by atoms with van der Waals surface area (Å²) < 4.78 is 0. The molecular weight excluding hydrogens is 124 g/mol. The van der Waals surface area contributed by atoms with E-state index in [1.165, 1.54) is 0 Å². The van der Waals surface area contributed by atoms with Gasteiger partial charge in [-0.25, -0.2) is 0 Å². The molecule has 0 aromatic carbocycles. The van der Waals surface area contributed by atoms with Crippen LogP contribution in [0.25, 0.3) is 0 Å². The molecule has 0 saturated heterocycles. The van der Waals surface area contributed by atoms with Crippen molar-refractivity contribution in [3.8, 4) is 0 Å². The summed E-state index contributed by atoms with van der Waals surface area (Å²) >= 11 is 0. The standard InChI is InChI=1S/C8H18N2/c1-7(5-8(2)9)6-10(3)4/h7,9H,5-6H2,1-4H3/t7-/m1/s1. The van der Waals surface area contributed by atoms with E-state index in [9.17, 15) is 0 Å². The van der Waals surface area contributed by atoms with Crippen LogP contribution in [0.1, 0.15) is 20.3 Å². The lowest BCUT2D eigenvalue weighted by Gasteiger charge is -2.15. The predicted octanol–water partition coefficient (Wildman–Crippen LogP) is 1.61. The molecule has 0 aliphatic carbocycles. The van der Waals surface area contributed by atoms with Crippen molar-refractivity contribution in [2.45, 2.75) is 20.3 Å². The lowest BCUT2D eigenvalue weighted by molar-refractivity contribution is 0.344. The first-order chi connectivity index (χ1) is 4.52. The van der Waals surface area contributed by atoms with Crippen LogP contribution in [0.5, 0.6) is 0 Å². The van der Waals surface area contributed by atoms with Crippen LogP contribution in [0.3, 0.4) is 0 Å². The molecule has 1 atom stereocenters. The molecule has 0 aromatic rings. The molecule has 0 aliphatic rings. The van der Waals surface area contributed by atoms with Crippen molar-refractivity contribution in [1.82, 2.24) is 4.90 Å². The van der Waals surface area contributed by atoms with Gasteiger partial charge in [-0.15, -0.1) is 0 Å². The molecule has 0 saturated carbocycles. The monoisotopic (exact) mass is 142 g/mol. The van der Waals surface area contributed by atoms with Gasteiger partial charge in [0, 0.05) is 12.3 Å². The predicted molar refractivity (Wildman–Crippen MR) is 45.7 cm³/mol. The smallest absolute Gasteiger partial charge is 0.00613 e. The van der Waals surface area contributed by atoms with Gasteiger partial charge in [-0.05, 0) is 33.4 Å². The van der Waals surface area contributed by atoms with Gasteiger partial charge in [0.15, 0.2) is 0 Å². The molecule has 1 N–H and O–H groups in total. The maximum Gasteiger partial charge on any atom is 0.00613 e. The average molecular weight is 142 g/mol. The van der Waals surface area contributed by atoms with Gasteiger partial charge in [-0.3, -0.25) is 0 Å². The first kappa shape index (κ1) is 9.63. The third-order valence-electron chi connectivity index (χ3n) is 1.33. The Bertz CT molecular complexity index is 108. The minimum atomic E-state index is 0.618. The molecule has 0 radical (unpaired) electrons. The highest BCUT2D eigenvalue weighted by Crippen LogP contribution is 2.02. The average Bonchev–Trinajstić information content (AvgIpc) is 1.58. The maximum atomic E-state index is 7.25. The molecule has 60 valence electrons. The van der Waals surface area contributed by atoms with Gasteiger partial charge in [0.1, 0.15) is 0 Å². The van der Waals surface area contributed by atoms with Crippen LogP contribution in [-0.4, -0.2) is 31.3 Å². The highest BCUT2D eigenvalue weighted by molar-refractivity contribution is 5.78. The summed E-state index contributed by atoms with van der Waals surface area (Å²) in [6.07, 6.45) is 0.929. The third-order valence-corrected chi connectivity index (χ3v) is 1.33. The second-order valence-electron chi connectivity index (χ2n) is 3.35. The van der Waals surface area contributed by atoms with Gasteiger partial charge in [0.05, 0.1) is 0 Å². The molecule has 2 nitrogen and oxygen atoms in total. The van der Waals surface area contributed by atoms with Gasteiger partial charge in [0.2, 0.25) is 0 Å². The van der Waals surface area contributed by atoms with Crippen molar-refractivity contribution < 1.29 is 0 Å². The van der Waals surface area contributed by atoms with Crippen molar-refractivity contribution in [2.75, 3.05) is 20.6 Å². The Balaban J connectivity index is 3.43. The van der Waals surface area contributed by atoms with Crippen LogP contribution in [0.4, 0.5) is 0 Å². The first-order valence-electron chi connectivity index (χ1n) is 3.71. The fourth-order valence-corrected chi connectivity index (χ4v) is 1.21. The van der Waals surface area contributed by atoms with E-state index in [0.29, 0.717) is 5.92 Å². The summed E-state index contributed by atoms with van der Waals surface area (Å²) in [4.78, 5) is 2.16. The quantitative estimate of drug-likeness (QED) is 0.593. The van der Waals surface area contributed by atoms with Crippen LogP contribution >= 0.6 is 0 Å². The number of nitrogens with one attached hydrogen (secondary N) is 1. The number of hydrogen-bond donors (Lipinski definition) is 1. The second-order valence-corrected chi connectivity index (χ2v) is 3.35. The maximum absolute atomic E-state index is 7.25. The minimum absolute atomic E-state index is 0.618. The normalized spacial score (nSPS) is 13.7. The summed E-state index contributed by atoms with van der Waals surface area (Å²) in [7, 11) is 4.13. The lowest BCUT2D eigenvalue weighted by atomic mass is 10.1. The molecule has 10 heavy (non-hydrogen) atoms. The van der Waals surface area contributed by atoms with Crippen molar-refractivity contribution in [3.63, 3.8) is 0 Å². The molecule has 0 heterocycles. The number of nitrogens with zero attached hydrogens (tertiary/aromatic N) is 1. The lowest BCUT2D eigenvalue weighted by Crippen LogP contribution is -2.20. The van der Waals surface area contributed by atoms with E-state index in [1.54, 1.807) is 0 Å². The van der Waals surface area contributed by atoms with E-state index < -0.39 is 0 Å². The molecular formula is C8H18N2. The van der Waals surface area contributed by atoms with Crippen LogP contribution < -0.4 is 0 Å². The van der Waals surface area contributed by atoms with E-state index in [-0.39, 0.29) is 0 Å². The van der Waals surface area contributed by atoms with Gasteiger partial charge in [0.25, 0.3) is 0 Å². The molecule has 0 unspecified atom stereocenters. The summed E-state index contributed by atoms with van der Waals surface area (Å²) in [5.74, 6) is 0.618. The van der Waals surface area contributed by atoms with Crippen molar-refractivity contribution >= 4 is 5.71 Å². The summed E-state index contributed by atoms with van der Waals surface area (Å²) in [5.41, 5.74) is 0.786. The molecule has 0 fully saturated rings. The van der Waals surface area contributed by atoms with Gasteiger partial charge in [-0.1, -0.05) is 6.92 Å². The fraction of sp³-hybridized carbons (Fsp3) is 0.875. The minimum Gasteiger partial charge on any atom is -0.310 e. The van der Waals surface area contributed by atoms with Gasteiger partial charge < -0.3 is 10.3 Å². The molecule has 0 bridgehead atoms. The van der Waals surface area contributed by atoms with E-state index in [4.69, 9.17) is 5.41 Å². The van der Waals surface area contributed by atoms with Crippen LogP contribution in [0, 0.1) is 11.3 Å². The Labute approximate surface area is 63.7 Å². The third kappa shape index (κ3) is 5.76. The van der Waals surface area contributed by atoms with Gasteiger partial charge >= 0.3 is 0 Å². The zero-order valence-electron chi connectivity index (χ0n) is 7.44. The van der Waals surface area contributed by atoms with E-state index >= 15 is 0 Å². The number of hydrogen-bond acceptors (Lipinski definition) is 2. The molecule has 0 amide bonds.